The molecule has 2 heterocycles. The summed E-state index contributed by atoms with van der Waals surface area (Å²) in [6.45, 7) is 5.31. The number of nitrogens with zero attached hydrogens (tertiary/aromatic N) is 2. The minimum absolute atomic E-state index is 0.248. The SMILES string of the molecule is CCNC(=NCC(C)(O)c1ccsc1)NCCc1coc(-c2ccc(F)cc2)n1. The molecule has 0 bridgehead atoms. The third kappa shape index (κ3) is 5.88. The Hall–Kier alpha value is -2.71. The van der Waals surface area contributed by atoms with E-state index in [0.717, 1.165) is 16.8 Å². The third-order valence-electron chi connectivity index (χ3n) is 4.35. The zero-order chi connectivity index (χ0) is 20.7. The number of oxazole rings is 1. The molecule has 3 rings (SSSR count). The van der Waals surface area contributed by atoms with Crippen molar-refractivity contribution in [3.8, 4) is 11.5 Å². The number of nitrogens with one attached hydrogen (secondary N) is 2. The summed E-state index contributed by atoms with van der Waals surface area (Å²) < 4.78 is 18.5. The molecule has 0 aliphatic heterocycles. The van der Waals surface area contributed by atoms with E-state index in [1.54, 1.807) is 36.7 Å². The lowest BCUT2D eigenvalue weighted by molar-refractivity contribution is 0.0677. The van der Waals surface area contributed by atoms with E-state index in [1.165, 1.54) is 12.1 Å². The van der Waals surface area contributed by atoms with Gasteiger partial charge in [-0.25, -0.2) is 14.4 Å². The van der Waals surface area contributed by atoms with Crippen LogP contribution in [0.15, 0.2) is 56.8 Å². The highest BCUT2D eigenvalue weighted by molar-refractivity contribution is 7.08. The highest BCUT2D eigenvalue weighted by atomic mass is 32.1. The quantitative estimate of drug-likeness (QED) is 0.386. The van der Waals surface area contributed by atoms with Gasteiger partial charge in [0.25, 0.3) is 0 Å². The van der Waals surface area contributed by atoms with Crippen LogP contribution in [0.1, 0.15) is 25.1 Å². The van der Waals surface area contributed by atoms with Crippen molar-refractivity contribution in [2.24, 2.45) is 4.99 Å². The Morgan fingerprint density at radius 3 is 2.76 bits per heavy atom. The summed E-state index contributed by atoms with van der Waals surface area (Å²) in [7, 11) is 0. The van der Waals surface area contributed by atoms with Gasteiger partial charge in [0.05, 0.1) is 12.2 Å². The topological polar surface area (TPSA) is 82.7 Å². The summed E-state index contributed by atoms with van der Waals surface area (Å²) in [5.41, 5.74) is 1.37. The van der Waals surface area contributed by atoms with Gasteiger partial charge in [-0.05, 0) is 60.5 Å². The van der Waals surface area contributed by atoms with Gasteiger partial charge in [0.1, 0.15) is 17.7 Å². The maximum atomic E-state index is 13.0. The van der Waals surface area contributed by atoms with Crippen LogP contribution in [0.4, 0.5) is 4.39 Å². The number of aliphatic hydroxyl groups is 1. The van der Waals surface area contributed by atoms with Gasteiger partial charge >= 0.3 is 0 Å². The van der Waals surface area contributed by atoms with Crippen molar-refractivity contribution < 1.29 is 13.9 Å². The number of benzene rings is 1. The molecule has 0 saturated carbocycles. The number of aromatic nitrogens is 1. The standard InChI is InChI=1S/C21H25FN4O2S/c1-3-23-20(25-14-21(2,27)16-9-11-29-13-16)24-10-8-18-12-28-19(26-18)15-4-6-17(22)7-5-15/h4-7,9,11-13,27H,3,8,10,14H2,1-2H3,(H2,23,24,25). The van der Waals surface area contributed by atoms with Crippen LogP contribution < -0.4 is 10.6 Å². The highest BCUT2D eigenvalue weighted by Crippen LogP contribution is 2.23. The molecular formula is C21H25FN4O2S. The average molecular weight is 417 g/mol. The molecule has 8 heteroatoms. The summed E-state index contributed by atoms with van der Waals surface area (Å²) >= 11 is 1.55. The van der Waals surface area contributed by atoms with Gasteiger partial charge in [-0.1, -0.05) is 0 Å². The molecule has 6 nitrogen and oxygen atoms in total. The molecule has 0 aliphatic carbocycles. The normalized spacial score (nSPS) is 13.9. The van der Waals surface area contributed by atoms with Crippen LogP contribution in [0.5, 0.6) is 0 Å². The Bertz CT molecular complexity index is 921. The molecule has 1 aromatic carbocycles. The fraction of sp³-hybridized carbons (Fsp3) is 0.333. The summed E-state index contributed by atoms with van der Waals surface area (Å²) in [5.74, 6) is 0.801. The predicted octanol–water partition coefficient (Wildman–Crippen LogP) is 3.55. The lowest BCUT2D eigenvalue weighted by Crippen LogP contribution is -2.39. The van der Waals surface area contributed by atoms with E-state index in [9.17, 15) is 9.50 Å². The van der Waals surface area contributed by atoms with Crippen molar-refractivity contribution in [3.63, 3.8) is 0 Å². The molecule has 154 valence electrons. The summed E-state index contributed by atoms with van der Waals surface area (Å²) in [4.78, 5) is 8.95. The van der Waals surface area contributed by atoms with Crippen molar-refractivity contribution in [2.75, 3.05) is 19.6 Å². The number of rotatable bonds is 8. The number of halogens is 1. The summed E-state index contributed by atoms with van der Waals surface area (Å²) in [5, 5.41) is 20.9. The molecular weight excluding hydrogens is 391 g/mol. The monoisotopic (exact) mass is 416 g/mol. The van der Waals surface area contributed by atoms with Crippen molar-refractivity contribution in [2.45, 2.75) is 25.9 Å². The largest absolute Gasteiger partial charge is 0.444 e. The predicted molar refractivity (Wildman–Crippen MR) is 113 cm³/mol. The van der Waals surface area contributed by atoms with Gasteiger partial charge in [-0.2, -0.15) is 11.3 Å². The molecule has 0 saturated heterocycles. The zero-order valence-corrected chi connectivity index (χ0v) is 17.3. The van der Waals surface area contributed by atoms with E-state index < -0.39 is 5.60 Å². The third-order valence-corrected chi connectivity index (χ3v) is 5.03. The summed E-state index contributed by atoms with van der Waals surface area (Å²) in [6.07, 6.45) is 2.24. The number of aliphatic imine (C=N–C) groups is 1. The Morgan fingerprint density at radius 2 is 2.07 bits per heavy atom. The second kappa shape index (κ2) is 9.67. The van der Waals surface area contributed by atoms with E-state index >= 15 is 0 Å². The van der Waals surface area contributed by atoms with Gasteiger partial charge in [-0.15, -0.1) is 0 Å². The van der Waals surface area contributed by atoms with E-state index in [0.29, 0.717) is 31.4 Å². The Balaban J connectivity index is 1.55. The molecule has 0 fully saturated rings. The number of guanidine groups is 1. The van der Waals surface area contributed by atoms with E-state index in [4.69, 9.17) is 4.42 Å². The van der Waals surface area contributed by atoms with Gasteiger partial charge in [0, 0.05) is 25.1 Å². The van der Waals surface area contributed by atoms with Crippen molar-refractivity contribution in [1.82, 2.24) is 15.6 Å². The molecule has 1 atom stereocenters. The van der Waals surface area contributed by atoms with E-state index in [2.05, 4.69) is 20.6 Å². The smallest absolute Gasteiger partial charge is 0.226 e. The molecule has 3 aromatic rings. The molecule has 0 aliphatic rings. The molecule has 0 spiro atoms. The zero-order valence-electron chi connectivity index (χ0n) is 16.5. The Labute approximate surface area is 173 Å². The van der Waals surface area contributed by atoms with Crippen molar-refractivity contribution >= 4 is 17.3 Å². The summed E-state index contributed by atoms with van der Waals surface area (Å²) in [6, 6.07) is 7.94. The van der Waals surface area contributed by atoms with Crippen molar-refractivity contribution in [3.05, 3.63) is 64.4 Å². The lowest BCUT2D eigenvalue weighted by Gasteiger charge is -2.21. The minimum atomic E-state index is -1.02. The molecule has 29 heavy (non-hydrogen) atoms. The lowest BCUT2D eigenvalue weighted by atomic mass is 10.00. The van der Waals surface area contributed by atoms with Gasteiger partial charge < -0.3 is 20.2 Å². The first-order chi connectivity index (χ1) is 14.0. The van der Waals surface area contributed by atoms with Crippen LogP contribution in [0, 0.1) is 5.82 Å². The molecule has 0 amide bonds. The number of hydrogen-bond acceptors (Lipinski definition) is 5. The molecule has 3 N–H and O–H groups in total. The highest BCUT2D eigenvalue weighted by Gasteiger charge is 2.23. The first-order valence-corrected chi connectivity index (χ1v) is 10.4. The van der Waals surface area contributed by atoms with Crippen LogP contribution in [-0.4, -0.2) is 35.7 Å². The van der Waals surface area contributed by atoms with Crippen LogP contribution in [0.2, 0.25) is 0 Å². The van der Waals surface area contributed by atoms with Gasteiger partial charge in [0.2, 0.25) is 5.89 Å². The second-order valence-corrected chi connectivity index (χ2v) is 7.59. The fourth-order valence-corrected chi connectivity index (χ4v) is 3.48. The second-order valence-electron chi connectivity index (χ2n) is 6.81. The fourth-order valence-electron chi connectivity index (χ4n) is 2.69. The maximum Gasteiger partial charge on any atom is 0.226 e. The minimum Gasteiger partial charge on any atom is -0.444 e. The molecule has 2 aromatic heterocycles. The number of thiophene rings is 1. The first kappa shape index (κ1) is 21.0. The average Bonchev–Trinajstić information content (AvgIpc) is 3.39. The van der Waals surface area contributed by atoms with Gasteiger partial charge in [0.15, 0.2) is 5.96 Å². The number of hydrogen-bond donors (Lipinski definition) is 3. The first-order valence-electron chi connectivity index (χ1n) is 9.45. The van der Waals surface area contributed by atoms with Crippen LogP contribution in [-0.2, 0) is 12.0 Å². The van der Waals surface area contributed by atoms with Gasteiger partial charge in [-0.3, -0.25) is 0 Å². The Kier molecular flexibility index (Phi) is 7.00. The van der Waals surface area contributed by atoms with Crippen LogP contribution in [0.25, 0.3) is 11.5 Å². The van der Waals surface area contributed by atoms with Crippen LogP contribution >= 0.6 is 11.3 Å². The molecule has 0 radical (unpaired) electrons. The van der Waals surface area contributed by atoms with E-state index in [1.807, 2.05) is 23.8 Å². The molecule has 1 unspecified atom stereocenters. The van der Waals surface area contributed by atoms with Crippen LogP contribution in [0.3, 0.4) is 0 Å². The van der Waals surface area contributed by atoms with E-state index in [-0.39, 0.29) is 12.4 Å². The van der Waals surface area contributed by atoms with Crippen molar-refractivity contribution in [1.29, 1.82) is 0 Å². The Morgan fingerprint density at radius 1 is 1.28 bits per heavy atom. The maximum absolute atomic E-state index is 13.0.